The molecule has 9 rings (SSSR count). The molecule has 0 amide bonds. The third-order valence-corrected chi connectivity index (χ3v) is 8.12. The summed E-state index contributed by atoms with van der Waals surface area (Å²) >= 11 is 0. The Morgan fingerprint density at radius 1 is 0.250 bits per heavy atom. The molecule has 0 aliphatic heterocycles. The third-order valence-electron chi connectivity index (χ3n) is 8.12. The minimum Gasteiger partial charge on any atom is -0.0610 e. The topological polar surface area (TPSA) is 0 Å². The van der Waals surface area contributed by atoms with Crippen molar-refractivity contribution in [1.82, 2.24) is 0 Å². The maximum absolute atomic E-state index is 2.36. The van der Waals surface area contributed by atoms with Gasteiger partial charge in [-0.15, -0.1) is 0 Å². The van der Waals surface area contributed by atoms with Gasteiger partial charge in [0.05, 0.1) is 0 Å². The van der Waals surface area contributed by atoms with Crippen molar-refractivity contribution >= 4 is 88.9 Å². The Morgan fingerprint density at radius 2 is 0.500 bits per heavy atom. The summed E-state index contributed by atoms with van der Waals surface area (Å²) in [6, 6.07) is 32.8. The number of allylic oxidation sites excluding steroid dienone is 2. The molecule has 2 aliphatic carbocycles. The van der Waals surface area contributed by atoms with Gasteiger partial charge in [0.25, 0.3) is 0 Å². The summed E-state index contributed by atoms with van der Waals surface area (Å²) in [6.07, 6.45) is 13.1. The fourth-order valence-corrected chi connectivity index (χ4v) is 6.27. The number of hydrogen-bond donors (Lipinski definition) is 0. The number of benzene rings is 7. The smallest absolute Gasteiger partial charge is 0.0171 e. The van der Waals surface area contributed by atoms with Crippen molar-refractivity contribution in [2.24, 2.45) is 0 Å². The fraction of sp³-hybridized carbons (Fsp3) is 0. The van der Waals surface area contributed by atoms with E-state index in [1.807, 2.05) is 0 Å². The highest BCUT2D eigenvalue weighted by atomic mass is 14.1. The van der Waals surface area contributed by atoms with E-state index in [2.05, 4.69) is 121 Å². The molecule has 0 heterocycles. The summed E-state index contributed by atoms with van der Waals surface area (Å²) in [7, 11) is 0. The molecule has 36 heavy (non-hydrogen) atoms. The van der Waals surface area contributed by atoms with Crippen LogP contribution in [-0.4, -0.2) is 0 Å². The van der Waals surface area contributed by atoms with Crippen LogP contribution in [0.25, 0.3) is 88.9 Å². The predicted octanol–water partition coefficient (Wildman–Crippen LogP) is 8.22. The van der Waals surface area contributed by atoms with Crippen LogP contribution in [0.1, 0.15) is 11.1 Å². The molecule has 164 valence electrons. The van der Waals surface area contributed by atoms with E-state index in [0.717, 1.165) is 0 Å². The van der Waals surface area contributed by atoms with Crippen LogP contribution in [0.3, 0.4) is 0 Å². The van der Waals surface area contributed by atoms with E-state index in [1.165, 1.54) is 86.2 Å². The maximum Gasteiger partial charge on any atom is -0.0171 e. The van der Waals surface area contributed by atoms with E-state index in [1.54, 1.807) is 0 Å². The first-order valence-corrected chi connectivity index (χ1v) is 12.6. The highest BCUT2D eigenvalue weighted by Gasteiger charge is 2.08. The SMILES string of the molecule is C1=Cc2cc3cc4cc5cc6cc7cc8cc9c(cc8cc7cc6cc5cc4cc3cc2=C1)C=CC=9. The quantitative estimate of drug-likeness (QED) is 0.203. The molecule has 0 radical (unpaired) electrons. The van der Waals surface area contributed by atoms with Gasteiger partial charge in [-0.2, -0.15) is 0 Å². The van der Waals surface area contributed by atoms with Gasteiger partial charge in [-0.05, 0) is 171 Å². The lowest BCUT2D eigenvalue weighted by atomic mass is 9.94. The molecular formula is C36H20. The predicted molar refractivity (Wildman–Crippen MR) is 158 cm³/mol. The van der Waals surface area contributed by atoms with Gasteiger partial charge >= 0.3 is 0 Å². The van der Waals surface area contributed by atoms with Crippen molar-refractivity contribution in [2.75, 3.05) is 0 Å². The molecule has 0 saturated heterocycles. The highest BCUT2D eigenvalue weighted by Crippen LogP contribution is 2.33. The molecule has 0 heteroatoms. The lowest BCUT2D eigenvalue weighted by Crippen LogP contribution is -2.00. The second-order valence-electron chi connectivity index (χ2n) is 10.4. The first-order chi connectivity index (χ1) is 17.7. The van der Waals surface area contributed by atoms with Crippen molar-refractivity contribution in [3.63, 3.8) is 0 Å². The Labute approximate surface area is 207 Å². The second kappa shape index (κ2) is 6.50. The normalized spacial score (nSPS) is 13.8. The van der Waals surface area contributed by atoms with Crippen LogP contribution in [0.4, 0.5) is 0 Å². The molecule has 0 nitrogen and oxygen atoms in total. The molecule has 0 unspecified atom stereocenters. The molecule has 0 bridgehead atoms. The van der Waals surface area contributed by atoms with E-state index >= 15 is 0 Å². The Kier molecular flexibility index (Phi) is 3.36. The van der Waals surface area contributed by atoms with Crippen molar-refractivity contribution in [3.05, 3.63) is 119 Å². The average Bonchev–Trinajstić information content (AvgIpc) is 3.53. The molecule has 0 N–H and O–H groups in total. The summed E-state index contributed by atoms with van der Waals surface area (Å²) < 4.78 is 0. The van der Waals surface area contributed by atoms with E-state index in [9.17, 15) is 0 Å². The van der Waals surface area contributed by atoms with Crippen molar-refractivity contribution in [1.29, 1.82) is 0 Å². The van der Waals surface area contributed by atoms with Gasteiger partial charge in [0.15, 0.2) is 0 Å². The molecular weight excluding hydrogens is 432 g/mol. The lowest BCUT2D eigenvalue weighted by molar-refractivity contribution is 1.66. The Balaban J connectivity index is 1.29. The molecule has 7 aromatic rings. The van der Waals surface area contributed by atoms with Crippen LogP contribution in [0, 0.1) is 0 Å². The summed E-state index contributed by atoms with van der Waals surface area (Å²) in [5.41, 5.74) is 2.62. The summed E-state index contributed by atoms with van der Waals surface area (Å²) in [5.74, 6) is 0. The third kappa shape index (κ3) is 2.59. The van der Waals surface area contributed by atoms with E-state index in [-0.39, 0.29) is 0 Å². The van der Waals surface area contributed by atoms with E-state index in [0.29, 0.717) is 0 Å². The number of hydrogen-bond acceptors (Lipinski definition) is 0. The van der Waals surface area contributed by atoms with Gasteiger partial charge in [0.2, 0.25) is 0 Å². The lowest BCUT2D eigenvalue weighted by Gasteiger charge is -2.10. The standard InChI is InChI=1S/C36H20/c1-3-21-7-25-11-29-15-33-19-35-17-31-13-27-9-23-5-2-6-24(23)10-28(27)14-32(31)18-36(35)20-34(33)16-30(29)12-26(25)8-22(21)4-1/h1-20H. The van der Waals surface area contributed by atoms with Crippen LogP contribution >= 0.6 is 0 Å². The van der Waals surface area contributed by atoms with Crippen molar-refractivity contribution < 1.29 is 0 Å². The molecule has 0 atom stereocenters. The highest BCUT2D eigenvalue weighted by molar-refractivity contribution is 6.11. The van der Waals surface area contributed by atoms with Crippen LogP contribution in [-0.2, 0) is 0 Å². The maximum atomic E-state index is 2.36. The fourth-order valence-electron chi connectivity index (χ4n) is 6.27. The molecule has 0 aromatic heterocycles. The Morgan fingerprint density at radius 3 is 0.806 bits per heavy atom. The number of rotatable bonds is 0. The van der Waals surface area contributed by atoms with Gasteiger partial charge in [-0.1, -0.05) is 36.5 Å². The zero-order valence-electron chi connectivity index (χ0n) is 19.5. The zero-order valence-corrected chi connectivity index (χ0v) is 19.5. The van der Waals surface area contributed by atoms with Crippen molar-refractivity contribution in [3.8, 4) is 0 Å². The van der Waals surface area contributed by atoms with Crippen molar-refractivity contribution in [2.45, 2.75) is 0 Å². The van der Waals surface area contributed by atoms with E-state index < -0.39 is 0 Å². The summed E-state index contributed by atoms with van der Waals surface area (Å²) in [5, 5.41) is 18.2. The van der Waals surface area contributed by atoms with Crippen LogP contribution in [0.5, 0.6) is 0 Å². The van der Waals surface area contributed by atoms with Gasteiger partial charge in [-0.3, -0.25) is 0 Å². The largest absolute Gasteiger partial charge is 0.0610 e. The van der Waals surface area contributed by atoms with Gasteiger partial charge in [-0.25, -0.2) is 0 Å². The zero-order chi connectivity index (χ0) is 23.4. The van der Waals surface area contributed by atoms with Gasteiger partial charge < -0.3 is 0 Å². The first kappa shape index (κ1) is 18.6. The Hall–Kier alpha value is -4.68. The minimum atomic E-state index is 1.29. The van der Waals surface area contributed by atoms with Crippen LogP contribution in [0.15, 0.2) is 97.1 Å². The summed E-state index contributed by atoms with van der Waals surface area (Å²) in [4.78, 5) is 0. The van der Waals surface area contributed by atoms with Gasteiger partial charge in [0, 0.05) is 0 Å². The van der Waals surface area contributed by atoms with E-state index in [4.69, 9.17) is 0 Å². The van der Waals surface area contributed by atoms with Gasteiger partial charge in [0.1, 0.15) is 0 Å². The minimum absolute atomic E-state index is 1.29. The van der Waals surface area contributed by atoms with Crippen LogP contribution in [0.2, 0.25) is 0 Å². The Bertz CT molecular complexity index is 2170. The number of fused-ring (bicyclic) bond motifs is 8. The molecule has 0 saturated carbocycles. The molecule has 2 aliphatic rings. The molecule has 7 aromatic carbocycles. The monoisotopic (exact) mass is 452 g/mol. The van der Waals surface area contributed by atoms with Crippen LogP contribution < -0.4 is 10.4 Å². The summed E-state index contributed by atoms with van der Waals surface area (Å²) in [6.45, 7) is 0. The molecule has 0 spiro atoms. The molecule has 0 fully saturated rings. The second-order valence-corrected chi connectivity index (χ2v) is 10.4. The average molecular weight is 453 g/mol. The first-order valence-electron chi connectivity index (χ1n) is 12.6.